The number of hydrogen-bond donors (Lipinski definition) is 2. The molecule has 5 heteroatoms. The lowest BCUT2D eigenvalue weighted by atomic mass is 10.0. The second kappa shape index (κ2) is 6.04. The second-order valence-electron chi connectivity index (χ2n) is 4.18. The number of thiophene rings is 1. The molecule has 0 spiro atoms. The Morgan fingerprint density at radius 2 is 1.78 bits per heavy atom. The molecule has 0 aliphatic carbocycles. The van der Waals surface area contributed by atoms with Gasteiger partial charge in [0.1, 0.15) is 11.6 Å². The highest BCUT2D eigenvalue weighted by Crippen LogP contribution is 2.14. The summed E-state index contributed by atoms with van der Waals surface area (Å²) < 4.78 is 26.1. The zero-order valence-electron chi connectivity index (χ0n) is 9.70. The molecule has 0 saturated carbocycles. The minimum absolute atomic E-state index is 0.0409. The molecule has 0 radical (unpaired) electrons. The molecule has 3 N–H and O–H groups in total. The Morgan fingerprint density at radius 3 is 2.33 bits per heavy atom. The minimum atomic E-state index is -0.559. The standard InChI is InChI=1S/C13H14F2N2S/c14-11-3-10(4-12(15)7-11)6-13(17-16)5-9-1-2-18-8-9/h1-4,7-8,13,17H,5-6,16H2. The molecule has 18 heavy (non-hydrogen) atoms. The van der Waals surface area contributed by atoms with Crippen LogP contribution in [0.1, 0.15) is 11.1 Å². The van der Waals surface area contributed by atoms with Gasteiger partial charge < -0.3 is 0 Å². The van der Waals surface area contributed by atoms with E-state index in [2.05, 4.69) is 5.43 Å². The predicted molar refractivity (Wildman–Crippen MR) is 69.2 cm³/mol. The molecule has 1 atom stereocenters. The molecule has 0 amide bonds. The molecule has 2 aromatic rings. The lowest BCUT2D eigenvalue weighted by Gasteiger charge is -2.15. The van der Waals surface area contributed by atoms with Crippen molar-refractivity contribution in [1.82, 2.24) is 5.43 Å². The smallest absolute Gasteiger partial charge is 0.126 e. The second-order valence-corrected chi connectivity index (χ2v) is 4.96. The first kappa shape index (κ1) is 13.1. The average Bonchev–Trinajstić information content (AvgIpc) is 2.79. The molecule has 0 aliphatic heterocycles. The number of hydrazine groups is 1. The summed E-state index contributed by atoms with van der Waals surface area (Å²) in [6.45, 7) is 0. The van der Waals surface area contributed by atoms with Crippen LogP contribution in [-0.4, -0.2) is 6.04 Å². The van der Waals surface area contributed by atoms with Gasteiger partial charge in [-0.2, -0.15) is 11.3 Å². The Morgan fingerprint density at radius 1 is 1.11 bits per heavy atom. The maximum absolute atomic E-state index is 13.1. The SMILES string of the molecule is NNC(Cc1ccsc1)Cc1cc(F)cc(F)c1. The monoisotopic (exact) mass is 268 g/mol. The number of hydrogen-bond acceptors (Lipinski definition) is 3. The number of nitrogens with one attached hydrogen (secondary N) is 1. The Bertz CT molecular complexity index is 479. The molecule has 2 nitrogen and oxygen atoms in total. The van der Waals surface area contributed by atoms with Crippen molar-refractivity contribution in [3.8, 4) is 0 Å². The van der Waals surface area contributed by atoms with Crippen LogP contribution in [0.15, 0.2) is 35.0 Å². The third kappa shape index (κ3) is 3.60. The molecule has 96 valence electrons. The van der Waals surface area contributed by atoms with Gasteiger partial charge in [0.2, 0.25) is 0 Å². The summed E-state index contributed by atoms with van der Waals surface area (Å²) in [4.78, 5) is 0. The molecule has 1 unspecified atom stereocenters. The fourth-order valence-electron chi connectivity index (χ4n) is 1.90. The van der Waals surface area contributed by atoms with Crippen LogP contribution in [0.4, 0.5) is 8.78 Å². The Hall–Kier alpha value is -1.30. The summed E-state index contributed by atoms with van der Waals surface area (Å²) in [5, 5.41) is 4.03. The van der Waals surface area contributed by atoms with Crippen LogP contribution in [-0.2, 0) is 12.8 Å². The maximum Gasteiger partial charge on any atom is 0.126 e. The third-order valence-electron chi connectivity index (χ3n) is 2.70. The first-order valence-corrected chi connectivity index (χ1v) is 6.54. The van der Waals surface area contributed by atoms with Gasteiger partial charge in [-0.25, -0.2) is 8.78 Å². The summed E-state index contributed by atoms with van der Waals surface area (Å²) in [6.07, 6.45) is 1.22. The molecular weight excluding hydrogens is 254 g/mol. The summed E-state index contributed by atoms with van der Waals surface area (Å²) in [5.41, 5.74) is 4.46. The van der Waals surface area contributed by atoms with Gasteiger partial charge in [0, 0.05) is 12.1 Å². The van der Waals surface area contributed by atoms with E-state index < -0.39 is 11.6 Å². The average molecular weight is 268 g/mol. The number of benzene rings is 1. The van der Waals surface area contributed by atoms with E-state index in [9.17, 15) is 8.78 Å². The molecule has 0 saturated heterocycles. The lowest BCUT2D eigenvalue weighted by molar-refractivity contribution is 0.517. The summed E-state index contributed by atoms with van der Waals surface area (Å²) in [6, 6.07) is 5.51. The van der Waals surface area contributed by atoms with E-state index >= 15 is 0 Å². The molecule has 1 aromatic heterocycles. The van der Waals surface area contributed by atoms with Crippen LogP contribution in [0, 0.1) is 11.6 Å². The van der Waals surface area contributed by atoms with Gasteiger partial charge in [0.25, 0.3) is 0 Å². The topological polar surface area (TPSA) is 38.0 Å². The summed E-state index contributed by atoms with van der Waals surface area (Å²) in [5.74, 6) is 4.36. The molecule has 0 aliphatic rings. The normalized spacial score (nSPS) is 12.6. The fraction of sp³-hybridized carbons (Fsp3) is 0.231. The Balaban J connectivity index is 2.05. The van der Waals surface area contributed by atoms with Crippen molar-refractivity contribution in [3.05, 3.63) is 57.8 Å². The summed E-state index contributed by atoms with van der Waals surface area (Å²) in [7, 11) is 0. The maximum atomic E-state index is 13.1. The number of nitrogens with two attached hydrogens (primary N) is 1. The van der Waals surface area contributed by atoms with Crippen molar-refractivity contribution in [2.45, 2.75) is 18.9 Å². The highest BCUT2D eigenvalue weighted by molar-refractivity contribution is 7.07. The highest BCUT2D eigenvalue weighted by Gasteiger charge is 2.11. The minimum Gasteiger partial charge on any atom is -0.271 e. The van der Waals surface area contributed by atoms with E-state index in [0.717, 1.165) is 12.5 Å². The van der Waals surface area contributed by atoms with E-state index in [1.807, 2.05) is 16.8 Å². The highest BCUT2D eigenvalue weighted by atomic mass is 32.1. The van der Waals surface area contributed by atoms with Gasteiger partial charge in [-0.3, -0.25) is 11.3 Å². The Kier molecular flexibility index (Phi) is 4.41. The predicted octanol–water partition coefficient (Wildman–Crippen LogP) is 2.64. The molecule has 1 aromatic carbocycles. The van der Waals surface area contributed by atoms with E-state index in [1.54, 1.807) is 11.3 Å². The van der Waals surface area contributed by atoms with Crippen LogP contribution >= 0.6 is 11.3 Å². The van der Waals surface area contributed by atoms with Crippen molar-refractivity contribution in [1.29, 1.82) is 0 Å². The Labute approximate surface area is 108 Å². The lowest BCUT2D eigenvalue weighted by Crippen LogP contribution is -2.38. The molecular formula is C13H14F2N2S. The van der Waals surface area contributed by atoms with Crippen molar-refractivity contribution < 1.29 is 8.78 Å². The van der Waals surface area contributed by atoms with E-state index in [4.69, 9.17) is 5.84 Å². The van der Waals surface area contributed by atoms with Gasteiger partial charge in [-0.1, -0.05) is 0 Å². The van der Waals surface area contributed by atoms with Crippen LogP contribution in [0.3, 0.4) is 0 Å². The molecule has 0 fully saturated rings. The first-order valence-electron chi connectivity index (χ1n) is 5.59. The van der Waals surface area contributed by atoms with Crippen molar-refractivity contribution in [2.75, 3.05) is 0 Å². The third-order valence-corrected chi connectivity index (χ3v) is 3.43. The van der Waals surface area contributed by atoms with E-state index in [0.29, 0.717) is 12.0 Å². The fourth-order valence-corrected chi connectivity index (χ4v) is 2.58. The van der Waals surface area contributed by atoms with Crippen LogP contribution in [0.5, 0.6) is 0 Å². The van der Waals surface area contributed by atoms with E-state index in [-0.39, 0.29) is 6.04 Å². The van der Waals surface area contributed by atoms with Crippen LogP contribution in [0.2, 0.25) is 0 Å². The molecule has 0 bridgehead atoms. The van der Waals surface area contributed by atoms with E-state index in [1.165, 1.54) is 17.7 Å². The van der Waals surface area contributed by atoms with Crippen LogP contribution in [0.25, 0.3) is 0 Å². The molecule has 2 rings (SSSR count). The van der Waals surface area contributed by atoms with Gasteiger partial charge in [0.15, 0.2) is 0 Å². The molecule has 1 heterocycles. The number of halogens is 2. The van der Waals surface area contributed by atoms with Crippen molar-refractivity contribution >= 4 is 11.3 Å². The summed E-state index contributed by atoms with van der Waals surface area (Å²) >= 11 is 1.61. The van der Waals surface area contributed by atoms with Crippen molar-refractivity contribution in [2.24, 2.45) is 5.84 Å². The largest absolute Gasteiger partial charge is 0.271 e. The van der Waals surface area contributed by atoms with Gasteiger partial charge >= 0.3 is 0 Å². The van der Waals surface area contributed by atoms with Gasteiger partial charge in [-0.15, -0.1) is 0 Å². The van der Waals surface area contributed by atoms with Crippen LogP contribution < -0.4 is 11.3 Å². The quantitative estimate of drug-likeness (QED) is 0.646. The zero-order valence-corrected chi connectivity index (χ0v) is 10.5. The van der Waals surface area contributed by atoms with Crippen molar-refractivity contribution in [3.63, 3.8) is 0 Å². The van der Waals surface area contributed by atoms with Gasteiger partial charge in [-0.05, 0) is 52.9 Å². The number of rotatable bonds is 5. The zero-order chi connectivity index (χ0) is 13.0. The van der Waals surface area contributed by atoms with Gasteiger partial charge in [0.05, 0.1) is 0 Å². The first-order chi connectivity index (χ1) is 8.67.